The molecule has 1 aromatic carbocycles. The minimum absolute atomic E-state index is 0.588. The van der Waals surface area contributed by atoms with E-state index in [4.69, 9.17) is 4.74 Å². The number of hydrogen-bond donors (Lipinski definition) is 1. The van der Waals surface area contributed by atoms with E-state index in [-0.39, 0.29) is 0 Å². The van der Waals surface area contributed by atoms with Crippen LogP contribution in [0.15, 0.2) is 30.3 Å². The Hall–Kier alpha value is -0.860. The largest absolute Gasteiger partial charge is 0.379 e. The third-order valence-corrected chi connectivity index (χ3v) is 3.11. The molecule has 1 aliphatic rings. The van der Waals surface area contributed by atoms with Crippen LogP contribution < -0.4 is 5.32 Å². The normalized spacial score (nSPS) is 20.9. The summed E-state index contributed by atoms with van der Waals surface area (Å²) in [6, 6.07) is 11.3. The molecule has 2 rings (SSSR count). The number of ether oxygens (including phenoxy) is 1. The molecule has 1 atom stereocenters. The summed E-state index contributed by atoms with van der Waals surface area (Å²) in [5, 5.41) is 3.49. The van der Waals surface area contributed by atoms with Crippen LogP contribution in [0.25, 0.3) is 0 Å². The Labute approximate surface area is 98.0 Å². The lowest BCUT2D eigenvalue weighted by Gasteiger charge is -2.23. The van der Waals surface area contributed by atoms with Gasteiger partial charge >= 0.3 is 0 Å². The van der Waals surface area contributed by atoms with E-state index in [2.05, 4.69) is 35.6 Å². The van der Waals surface area contributed by atoms with Gasteiger partial charge in [0.2, 0.25) is 0 Å². The van der Waals surface area contributed by atoms with Gasteiger partial charge in [0.05, 0.1) is 13.2 Å². The molecule has 2 heteroatoms. The topological polar surface area (TPSA) is 21.3 Å². The van der Waals surface area contributed by atoms with Crippen molar-refractivity contribution >= 4 is 0 Å². The van der Waals surface area contributed by atoms with Crippen LogP contribution in [0.4, 0.5) is 0 Å². The molecule has 1 unspecified atom stereocenters. The van der Waals surface area contributed by atoms with E-state index in [1.165, 1.54) is 31.2 Å². The summed E-state index contributed by atoms with van der Waals surface area (Å²) >= 11 is 0. The van der Waals surface area contributed by atoms with Crippen molar-refractivity contribution in [1.82, 2.24) is 5.32 Å². The van der Waals surface area contributed by atoms with Crippen molar-refractivity contribution in [2.24, 2.45) is 0 Å². The first-order valence-electron chi connectivity index (χ1n) is 6.30. The minimum Gasteiger partial charge on any atom is -0.379 e. The van der Waals surface area contributed by atoms with Crippen LogP contribution in [0, 0.1) is 0 Å². The first-order valence-corrected chi connectivity index (χ1v) is 6.30. The molecular weight excluding hydrogens is 198 g/mol. The zero-order chi connectivity index (χ0) is 11.1. The number of morpholine rings is 1. The highest BCUT2D eigenvalue weighted by Crippen LogP contribution is 2.09. The predicted molar refractivity (Wildman–Crippen MR) is 66.6 cm³/mol. The minimum atomic E-state index is 0.588. The van der Waals surface area contributed by atoms with E-state index in [0.29, 0.717) is 6.04 Å². The van der Waals surface area contributed by atoms with Gasteiger partial charge in [0, 0.05) is 12.6 Å². The molecule has 1 heterocycles. The molecule has 0 saturated carbocycles. The fourth-order valence-corrected chi connectivity index (χ4v) is 2.17. The number of benzene rings is 1. The van der Waals surface area contributed by atoms with Gasteiger partial charge in [0.15, 0.2) is 0 Å². The molecular formula is C14H21NO. The molecule has 0 amide bonds. The van der Waals surface area contributed by atoms with Crippen molar-refractivity contribution < 1.29 is 4.74 Å². The van der Waals surface area contributed by atoms with Gasteiger partial charge in [-0.25, -0.2) is 0 Å². The second-order valence-electron chi connectivity index (χ2n) is 4.46. The van der Waals surface area contributed by atoms with Crippen LogP contribution in [0.2, 0.25) is 0 Å². The van der Waals surface area contributed by atoms with E-state index in [1.54, 1.807) is 0 Å². The van der Waals surface area contributed by atoms with Crippen LogP contribution in [0.1, 0.15) is 24.8 Å². The van der Waals surface area contributed by atoms with Gasteiger partial charge in [0.25, 0.3) is 0 Å². The number of hydrogen-bond acceptors (Lipinski definition) is 2. The highest BCUT2D eigenvalue weighted by Gasteiger charge is 2.11. The molecule has 0 radical (unpaired) electrons. The molecule has 88 valence electrons. The van der Waals surface area contributed by atoms with Gasteiger partial charge in [-0.1, -0.05) is 36.8 Å². The summed E-state index contributed by atoms with van der Waals surface area (Å²) < 4.78 is 5.43. The Morgan fingerprint density at radius 3 is 2.81 bits per heavy atom. The highest BCUT2D eigenvalue weighted by atomic mass is 16.5. The van der Waals surface area contributed by atoms with Crippen molar-refractivity contribution in [1.29, 1.82) is 0 Å². The van der Waals surface area contributed by atoms with Crippen molar-refractivity contribution in [2.45, 2.75) is 31.7 Å². The summed E-state index contributed by atoms with van der Waals surface area (Å²) in [6.07, 6.45) is 5.01. The van der Waals surface area contributed by atoms with Crippen LogP contribution in [0.3, 0.4) is 0 Å². The number of aryl methyl sites for hydroxylation is 1. The van der Waals surface area contributed by atoms with Gasteiger partial charge < -0.3 is 10.1 Å². The van der Waals surface area contributed by atoms with E-state index in [1.807, 2.05) is 0 Å². The Bertz CT molecular complexity index is 280. The van der Waals surface area contributed by atoms with E-state index < -0.39 is 0 Å². The lowest BCUT2D eigenvalue weighted by Crippen LogP contribution is -2.41. The molecule has 0 aliphatic carbocycles. The Morgan fingerprint density at radius 1 is 1.19 bits per heavy atom. The van der Waals surface area contributed by atoms with Crippen LogP contribution in [-0.2, 0) is 11.2 Å². The second-order valence-corrected chi connectivity index (χ2v) is 4.46. The zero-order valence-electron chi connectivity index (χ0n) is 9.82. The molecule has 2 nitrogen and oxygen atoms in total. The average molecular weight is 219 g/mol. The molecule has 0 aromatic heterocycles. The lowest BCUT2D eigenvalue weighted by molar-refractivity contribution is 0.0734. The molecule has 0 bridgehead atoms. The quantitative estimate of drug-likeness (QED) is 0.768. The van der Waals surface area contributed by atoms with E-state index in [0.717, 1.165) is 19.8 Å². The smallest absolute Gasteiger partial charge is 0.0620 e. The maximum Gasteiger partial charge on any atom is 0.0620 e. The fourth-order valence-electron chi connectivity index (χ4n) is 2.17. The third kappa shape index (κ3) is 3.95. The lowest BCUT2D eigenvalue weighted by atomic mass is 10.0. The molecule has 16 heavy (non-hydrogen) atoms. The van der Waals surface area contributed by atoms with Crippen LogP contribution in [-0.4, -0.2) is 25.8 Å². The SMILES string of the molecule is c1ccc(CCCCC2COCCN2)cc1. The maximum absolute atomic E-state index is 5.43. The molecule has 1 aromatic rings. The maximum atomic E-state index is 5.43. The van der Waals surface area contributed by atoms with Crippen molar-refractivity contribution in [3.05, 3.63) is 35.9 Å². The second kappa shape index (κ2) is 6.66. The first-order chi connectivity index (χ1) is 7.95. The number of unbranched alkanes of at least 4 members (excludes halogenated alkanes) is 1. The predicted octanol–water partition coefficient (Wildman–Crippen LogP) is 2.39. The monoisotopic (exact) mass is 219 g/mol. The van der Waals surface area contributed by atoms with Crippen molar-refractivity contribution in [3.8, 4) is 0 Å². The third-order valence-electron chi connectivity index (χ3n) is 3.11. The average Bonchev–Trinajstić information content (AvgIpc) is 2.37. The van der Waals surface area contributed by atoms with Crippen molar-refractivity contribution in [2.75, 3.05) is 19.8 Å². The van der Waals surface area contributed by atoms with Crippen molar-refractivity contribution in [3.63, 3.8) is 0 Å². The van der Waals surface area contributed by atoms with E-state index in [9.17, 15) is 0 Å². The Balaban J connectivity index is 1.58. The van der Waals surface area contributed by atoms with Gasteiger partial charge in [-0.3, -0.25) is 0 Å². The standard InChI is InChI=1S/C14H21NO/c1-2-6-13(7-3-1)8-4-5-9-14-12-16-11-10-15-14/h1-3,6-7,14-15H,4-5,8-12H2. The molecule has 1 N–H and O–H groups in total. The molecule has 1 aliphatic heterocycles. The van der Waals surface area contributed by atoms with Crippen LogP contribution >= 0.6 is 0 Å². The molecule has 0 spiro atoms. The van der Waals surface area contributed by atoms with E-state index >= 15 is 0 Å². The zero-order valence-corrected chi connectivity index (χ0v) is 9.82. The van der Waals surface area contributed by atoms with Gasteiger partial charge in [-0.15, -0.1) is 0 Å². The Kier molecular flexibility index (Phi) is 4.84. The molecule has 1 saturated heterocycles. The van der Waals surface area contributed by atoms with Gasteiger partial charge in [0.1, 0.15) is 0 Å². The number of nitrogens with one attached hydrogen (secondary N) is 1. The summed E-state index contributed by atoms with van der Waals surface area (Å²) in [5.74, 6) is 0. The van der Waals surface area contributed by atoms with Gasteiger partial charge in [-0.2, -0.15) is 0 Å². The fraction of sp³-hybridized carbons (Fsp3) is 0.571. The highest BCUT2D eigenvalue weighted by molar-refractivity contribution is 5.14. The summed E-state index contributed by atoms with van der Waals surface area (Å²) in [4.78, 5) is 0. The van der Waals surface area contributed by atoms with Crippen LogP contribution in [0.5, 0.6) is 0 Å². The summed E-state index contributed by atoms with van der Waals surface area (Å²) in [5.41, 5.74) is 1.45. The first kappa shape index (κ1) is 11.6. The summed E-state index contributed by atoms with van der Waals surface area (Å²) in [7, 11) is 0. The Morgan fingerprint density at radius 2 is 2.06 bits per heavy atom. The summed E-state index contributed by atoms with van der Waals surface area (Å²) in [6.45, 7) is 2.79. The number of rotatable bonds is 5. The van der Waals surface area contributed by atoms with Gasteiger partial charge in [-0.05, 0) is 24.8 Å². The molecule has 1 fully saturated rings.